The van der Waals surface area contributed by atoms with Crippen LogP contribution in [0, 0.1) is 6.92 Å². The van der Waals surface area contributed by atoms with Gasteiger partial charge in [-0.05, 0) is 97.6 Å². The number of aryl methyl sites for hydroxylation is 1. The standard InChI is InChI=1S/C58H67N5O15S2/c1-39-8-18-46(19-9-39)79-32-22-47(64)42-13-15-43(16-14-42)56(66)60-37-45-38-63(62-61-45)24-27-73-29-31-74-30-28-72-26-23-59-57(67)44-17-21-50(76-58-48(65)7-6-25-75-58)52(36-44)78-80-77-51-33-40(12-20-49(51)68-2)10-11-41-34-53(69-3)55(71-5)54(35-41)70-4/h8-21,33-36,38,48,58,65H,6-7,22-32,37H2,1-5H3,(H,59,67)(H,60,66)/b11-10-. The first kappa shape index (κ1) is 60.3. The van der Waals surface area contributed by atoms with Gasteiger partial charge < -0.3 is 66.7 Å². The summed E-state index contributed by atoms with van der Waals surface area (Å²) in [7, 11) is 6.19. The van der Waals surface area contributed by atoms with Crippen molar-refractivity contribution in [2.75, 3.05) is 87.0 Å². The van der Waals surface area contributed by atoms with Crippen LogP contribution >= 0.6 is 24.1 Å². The van der Waals surface area contributed by atoms with Crippen molar-refractivity contribution in [2.24, 2.45) is 0 Å². The van der Waals surface area contributed by atoms with Gasteiger partial charge in [-0.25, -0.2) is 4.68 Å². The van der Waals surface area contributed by atoms with Gasteiger partial charge in [0.1, 0.15) is 11.8 Å². The van der Waals surface area contributed by atoms with Crippen molar-refractivity contribution in [3.05, 3.63) is 142 Å². The summed E-state index contributed by atoms with van der Waals surface area (Å²) in [6, 6.07) is 28.6. The summed E-state index contributed by atoms with van der Waals surface area (Å²) in [4.78, 5) is 39.9. The molecule has 426 valence electrons. The number of thioether (sulfide) groups is 1. The molecule has 2 amide bonds. The van der Waals surface area contributed by atoms with Crippen LogP contribution in [0.25, 0.3) is 12.2 Å². The monoisotopic (exact) mass is 1140 g/mol. The molecule has 1 aromatic heterocycles. The first-order valence-electron chi connectivity index (χ1n) is 25.8. The number of nitrogens with zero attached hydrogens (tertiary/aromatic N) is 3. The minimum absolute atomic E-state index is 0.0310. The van der Waals surface area contributed by atoms with Crippen molar-refractivity contribution in [1.29, 1.82) is 0 Å². The smallest absolute Gasteiger partial charge is 0.293 e. The Balaban J connectivity index is 0.773. The Kier molecular flexibility index (Phi) is 24.2. The number of aliphatic hydroxyl groups excluding tert-OH is 1. The van der Waals surface area contributed by atoms with Gasteiger partial charge in [-0.15, -0.1) is 16.9 Å². The average molecular weight is 1140 g/mol. The van der Waals surface area contributed by atoms with Gasteiger partial charge in [-0.1, -0.05) is 53.3 Å². The van der Waals surface area contributed by atoms with Gasteiger partial charge >= 0.3 is 0 Å². The molecule has 2 heterocycles. The summed E-state index contributed by atoms with van der Waals surface area (Å²) in [5.74, 6) is 2.76. The second-order valence-corrected chi connectivity index (χ2v) is 19.5. The SMILES string of the molecule is COc1ccc(/C=C\c2cc(OC)c(OC)c(OC)c2)cc1OSOc1cc(C(=O)NCCOCCOCCOCCn2cc(CNC(=O)c3ccc(C(=O)CCSc4ccc(C)cc4)cc3)nn2)ccc1OC1OCCCC1O. The van der Waals surface area contributed by atoms with Gasteiger partial charge in [0.15, 0.2) is 40.3 Å². The van der Waals surface area contributed by atoms with E-state index in [1.165, 1.54) is 18.7 Å². The van der Waals surface area contributed by atoms with Gasteiger partial charge in [-0.3, -0.25) is 14.4 Å². The van der Waals surface area contributed by atoms with Crippen LogP contribution in [0.1, 0.15) is 72.7 Å². The Bertz CT molecular complexity index is 2940. The first-order chi connectivity index (χ1) is 39.0. The van der Waals surface area contributed by atoms with Crippen LogP contribution in [-0.2, 0) is 32.0 Å². The second kappa shape index (κ2) is 32.1. The van der Waals surface area contributed by atoms with E-state index >= 15 is 0 Å². The molecule has 2 unspecified atom stereocenters. The number of methoxy groups -OCH3 is 4. The molecule has 22 heteroatoms. The largest absolute Gasteiger partial charge is 0.493 e. The van der Waals surface area contributed by atoms with Crippen molar-refractivity contribution in [1.82, 2.24) is 25.6 Å². The van der Waals surface area contributed by atoms with E-state index < -0.39 is 12.4 Å². The highest BCUT2D eigenvalue weighted by molar-refractivity contribution is 7.99. The van der Waals surface area contributed by atoms with Crippen LogP contribution < -0.4 is 42.7 Å². The van der Waals surface area contributed by atoms with Gasteiger partial charge in [0.25, 0.3) is 24.1 Å². The van der Waals surface area contributed by atoms with Crippen LogP contribution in [0.3, 0.4) is 0 Å². The van der Waals surface area contributed by atoms with Crippen molar-refractivity contribution in [3.63, 3.8) is 0 Å². The number of rotatable bonds is 33. The Morgan fingerprint density at radius 2 is 1.31 bits per heavy atom. The number of ketones is 1. The molecule has 2 atom stereocenters. The summed E-state index contributed by atoms with van der Waals surface area (Å²) >= 11 is 2.28. The van der Waals surface area contributed by atoms with Crippen molar-refractivity contribution in [3.8, 4) is 40.2 Å². The highest BCUT2D eigenvalue weighted by Gasteiger charge is 2.27. The molecule has 3 N–H and O–H groups in total. The van der Waals surface area contributed by atoms with E-state index in [2.05, 4.69) is 45.2 Å². The highest BCUT2D eigenvalue weighted by atomic mass is 32.2. The molecule has 0 aliphatic carbocycles. The molecule has 1 saturated heterocycles. The topological polar surface area (TPSA) is 228 Å². The quantitative estimate of drug-likeness (QED) is 0.0115. The van der Waals surface area contributed by atoms with Crippen LogP contribution in [0.4, 0.5) is 0 Å². The number of hydrogen-bond donors (Lipinski definition) is 3. The summed E-state index contributed by atoms with van der Waals surface area (Å²) in [6.45, 7) is 5.30. The molecular formula is C58H67N5O15S2. The summed E-state index contributed by atoms with van der Waals surface area (Å²) in [6.07, 6.45) is 5.33. The van der Waals surface area contributed by atoms with E-state index in [1.807, 2.05) is 37.3 Å². The number of Topliss-reactive ketones (excluding diaryl/α,β-unsaturated/α-hetero) is 1. The molecule has 1 aliphatic rings. The molecule has 0 radical (unpaired) electrons. The third-order valence-corrected chi connectivity index (χ3v) is 13.6. The van der Waals surface area contributed by atoms with Gasteiger partial charge in [0.05, 0.1) is 94.0 Å². The predicted octanol–water partition coefficient (Wildman–Crippen LogP) is 8.46. The Labute approximate surface area is 474 Å². The number of carbonyl (C=O) groups excluding carboxylic acids is 3. The highest BCUT2D eigenvalue weighted by Crippen LogP contribution is 2.40. The van der Waals surface area contributed by atoms with E-state index in [-0.39, 0.29) is 54.4 Å². The number of amides is 2. The lowest BCUT2D eigenvalue weighted by atomic mass is 10.1. The lowest BCUT2D eigenvalue weighted by Gasteiger charge is -2.28. The third kappa shape index (κ3) is 18.6. The number of aliphatic hydroxyl groups is 1. The number of aromatic nitrogens is 3. The Morgan fingerprint density at radius 3 is 2.01 bits per heavy atom. The fourth-order valence-electron chi connectivity index (χ4n) is 7.82. The molecule has 5 aromatic carbocycles. The summed E-state index contributed by atoms with van der Waals surface area (Å²) in [5, 5.41) is 24.5. The van der Waals surface area contributed by atoms with E-state index in [4.69, 9.17) is 51.0 Å². The summed E-state index contributed by atoms with van der Waals surface area (Å²) in [5.41, 5.74) is 4.68. The number of benzene rings is 5. The average Bonchev–Trinajstić information content (AvgIpc) is 3.95. The predicted molar refractivity (Wildman–Crippen MR) is 302 cm³/mol. The number of nitrogens with one attached hydrogen (secondary N) is 2. The molecule has 7 rings (SSSR count). The lowest BCUT2D eigenvalue weighted by molar-refractivity contribution is -0.170. The molecule has 6 aromatic rings. The van der Waals surface area contributed by atoms with Gasteiger partial charge in [0, 0.05) is 40.3 Å². The fraction of sp³-hybridized carbons (Fsp3) is 0.362. The zero-order valence-corrected chi connectivity index (χ0v) is 47.0. The molecular weight excluding hydrogens is 1070 g/mol. The van der Waals surface area contributed by atoms with Gasteiger partial charge in [0.2, 0.25) is 12.0 Å². The maximum atomic E-state index is 13.3. The molecule has 0 bridgehead atoms. The van der Waals surface area contributed by atoms with Crippen LogP contribution in [-0.4, -0.2) is 137 Å². The molecule has 0 saturated carbocycles. The van der Waals surface area contributed by atoms with Gasteiger partial charge in [-0.2, -0.15) is 0 Å². The minimum atomic E-state index is -0.933. The van der Waals surface area contributed by atoms with E-state index in [1.54, 1.807) is 92.5 Å². The third-order valence-electron chi connectivity index (χ3n) is 12.1. The van der Waals surface area contributed by atoms with Crippen molar-refractivity contribution in [2.45, 2.75) is 56.6 Å². The molecule has 0 spiro atoms. The van der Waals surface area contributed by atoms with Crippen LogP contribution in [0.2, 0.25) is 0 Å². The maximum Gasteiger partial charge on any atom is 0.293 e. The van der Waals surface area contributed by atoms with E-state index in [0.717, 1.165) is 16.0 Å². The first-order valence-corrected chi connectivity index (χ1v) is 27.5. The number of hydrogen-bond acceptors (Lipinski definition) is 19. The second-order valence-electron chi connectivity index (χ2n) is 17.8. The van der Waals surface area contributed by atoms with E-state index in [9.17, 15) is 19.5 Å². The molecule has 1 fully saturated rings. The molecule has 20 nitrogen and oxygen atoms in total. The van der Waals surface area contributed by atoms with Crippen LogP contribution in [0.5, 0.6) is 40.2 Å². The Hall–Kier alpha value is -7.31. The number of carbonyl (C=O) groups is 3. The zero-order valence-electron chi connectivity index (χ0n) is 45.3. The fourth-order valence-corrected chi connectivity index (χ4v) is 9.11. The molecule has 80 heavy (non-hydrogen) atoms. The summed E-state index contributed by atoms with van der Waals surface area (Å²) < 4.78 is 64.3. The normalized spacial score (nSPS) is 14.1. The maximum absolute atomic E-state index is 13.3. The van der Waals surface area contributed by atoms with E-state index in [0.29, 0.717) is 129 Å². The Morgan fingerprint density at radius 1 is 0.688 bits per heavy atom. The van der Waals surface area contributed by atoms with Crippen LogP contribution in [0.15, 0.2) is 108 Å². The van der Waals surface area contributed by atoms with Crippen molar-refractivity contribution >= 4 is 53.8 Å². The lowest BCUT2D eigenvalue weighted by Crippen LogP contribution is -2.38. The molecule has 1 aliphatic heterocycles. The zero-order chi connectivity index (χ0) is 56.5. The van der Waals surface area contributed by atoms with Crippen molar-refractivity contribution < 1.29 is 70.5 Å². The minimum Gasteiger partial charge on any atom is -0.493 e. The number of ether oxygens (including phenoxy) is 9.